The van der Waals surface area contributed by atoms with E-state index >= 15 is 0 Å². The number of fused-ring (bicyclic) bond motifs is 1. The highest BCUT2D eigenvalue weighted by Crippen LogP contribution is 2.21. The molecule has 0 unspecified atom stereocenters. The molecule has 0 bridgehead atoms. The van der Waals surface area contributed by atoms with Crippen molar-refractivity contribution in [3.63, 3.8) is 0 Å². The van der Waals surface area contributed by atoms with Crippen molar-refractivity contribution in [2.45, 2.75) is 13.3 Å². The number of para-hydroxylation sites is 1. The predicted octanol–water partition coefficient (Wildman–Crippen LogP) is 3.12. The fourth-order valence-corrected chi connectivity index (χ4v) is 2.82. The second kappa shape index (κ2) is 7.67. The summed E-state index contributed by atoms with van der Waals surface area (Å²) in [6, 6.07) is 5.53. The molecule has 0 saturated carbocycles. The van der Waals surface area contributed by atoms with Crippen LogP contribution in [0.4, 0.5) is 13.2 Å². The Morgan fingerprint density at radius 2 is 1.86 bits per heavy atom. The zero-order valence-electron chi connectivity index (χ0n) is 15.1. The smallest absolute Gasteiger partial charge is 0.266 e. The first-order chi connectivity index (χ1) is 13.4. The van der Waals surface area contributed by atoms with Crippen molar-refractivity contribution in [3.05, 3.63) is 75.6 Å². The van der Waals surface area contributed by atoms with E-state index in [-0.39, 0.29) is 28.7 Å². The first kappa shape index (κ1) is 19.3. The molecule has 0 aliphatic carbocycles. The number of nitrogens with one attached hydrogen (secondary N) is 1. The lowest BCUT2D eigenvalue weighted by atomic mass is 10.1. The molecule has 0 spiro atoms. The number of likely N-dealkylation sites (N-methyl/N-ethyl adjacent to an activating group) is 1. The number of carbonyl (C=O) groups is 1. The van der Waals surface area contributed by atoms with E-state index in [4.69, 9.17) is 0 Å². The van der Waals surface area contributed by atoms with E-state index in [9.17, 15) is 22.8 Å². The largest absolute Gasteiger partial charge is 0.356 e. The van der Waals surface area contributed by atoms with Crippen LogP contribution in [0.5, 0.6) is 0 Å². The molecule has 0 atom stereocenters. The summed E-state index contributed by atoms with van der Waals surface area (Å²) in [5.41, 5.74) is -1.24. The Morgan fingerprint density at radius 1 is 1.18 bits per heavy atom. The molecule has 0 saturated heterocycles. The SMILES string of the molecule is CCc1nc2cc(F)c(/C=C/C(=O)NC)cc2c(=O)n1-c1c(F)cccc1F. The highest BCUT2D eigenvalue weighted by atomic mass is 19.1. The van der Waals surface area contributed by atoms with Crippen molar-refractivity contribution in [1.29, 1.82) is 0 Å². The number of carbonyl (C=O) groups excluding carboxylic acids is 1. The molecule has 3 aromatic rings. The summed E-state index contributed by atoms with van der Waals surface area (Å²) in [5, 5.41) is 2.32. The number of amides is 1. The van der Waals surface area contributed by atoms with Crippen molar-refractivity contribution >= 4 is 22.9 Å². The van der Waals surface area contributed by atoms with Crippen LogP contribution in [-0.4, -0.2) is 22.5 Å². The summed E-state index contributed by atoms with van der Waals surface area (Å²) in [6.07, 6.45) is 2.50. The quantitative estimate of drug-likeness (QED) is 0.700. The number of hydrogen-bond acceptors (Lipinski definition) is 3. The van der Waals surface area contributed by atoms with E-state index in [0.29, 0.717) is 0 Å². The Hall–Kier alpha value is -3.42. The topological polar surface area (TPSA) is 64.0 Å². The normalized spacial score (nSPS) is 11.3. The van der Waals surface area contributed by atoms with Gasteiger partial charge >= 0.3 is 0 Å². The standard InChI is InChI=1S/C20H16F3N3O2/c1-3-17-25-16-10-15(23)11(7-8-18(27)24-2)9-12(16)20(28)26(17)19-13(21)5-4-6-14(19)22/h4-10H,3H2,1-2H3,(H,24,27)/b8-7+. The number of nitrogens with zero attached hydrogens (tertiary/aromatic N) is 2. The summed E-state index contributed by atoms with van der Waals surface area (Å²) in [7, 11) is 1.42. The maximum atomic E-state index is 14.3. The van der Waals surface area contributed by atoms with Gasteiger partial charge < -0.3 is 5.32 Å². The van der Waals surface area contributed by atoms with Gasteiger partial charge in [-0.2, -0.15) is 0 Å². The Labute approximate surface area is 158 Å². The number of aromatic nitrogens is 2. The zero-order chi connectivity index (χ0) is 20.4. The van der Waals surface area contributed by atoms with E-state index in [0.717, 1.165) is 28.8 Å². The lowest BCUT2D eigenvalue weighted by Crippen LogP contribution is -2.25. The van der Waals surface area contributed by atoms with E-state index < -0.39 is 34.6 Å². The van der Waals surface area contributed by atoms with Crippen molar-refractivity contribution in [1.82, 2.24) is 14.9 Å². The molecule has 1 heterocycles. The third-order valence-electron chi connectivity index (χ3n) is 4.19. The zero-order valence-corrected chi connectivity index (χ0v) is 15.1. The lowest BCUT2D eigenvalue weighted by molar-refractivity contribution is -0.115. The van der Waals surface area contributed by atoms with Crippen molar-refractivity contribution < 1.29 is 18.0 Å². The second-order valence-electron chi connectivity index (χ2n) is 5.93. The summed E-state index contributed by atoms with van der Waals surface area (Å²) in [4.78, 5) is 28.6. The average molecular weight is 387 g/mol. The van der Waals surface area contributed by atoms with Crippen LogP contribution in [0.2, 0.25) is 0 Å². The Kier molecular flexibility index (Phi) is 5.30. The average Bonchev–Trinajstić information content (AvgIpc) is 2.67. The van der Waals surface area contributed by atoms with Gasteiger partial charge in [0.15, 0.2) is 0 Å². The molecule has 0 aliphatic rings. The fraction of sp³-hybridized carbons (Fsp3) is 0.150. The molecular weight excluding hydrogens is 371 g/mol. The minimum atomic E-state index is -0.917. The van der Waals surface area contributed by atoms with Crippen LogP contribution < -0.4 is 10.9 Å². The summed E-state index contributed by atoms with van der Waals surface area (Å²) in [5.74, 6) is -2.88. The molecule has 144 valence electrons. The van der Waals surface area contributed by atoms with Crippen LogP contribution in [-0.2, 0) is 11.2 Å². The Bertz CT molecular complexity index is 1150. The number of rotatable bonds is 4. The van der Waals surface area contributed by atoms with Gasteiger partial charge in [-0.15, -0.1) is 0 Å². The lowest BCUT2D eigenvalue weighted by Gasteiger charge is -2.14. The molecule has 0 radical (unpaired) electrons. The molecule has 0 aliphatic heterocycles. The van der Waals surface area contributed by atoms with E-state index in [1.165, 1.54) is 25.3 Å². The molecule has 5 nitrogen and oxygen atoms in total. The first-order valence-corrected chi connectivity index (χ1v) is 8.46. The Morgan fingerprint density at radius 3 is 2.46 bits per heavy atom. The maximum absolute atomic E-state index is 14.3. The molecule has 8 heteroatoms. The van der Waals surface area contributed by atoms with Crippen molar-refractivity contribution in [3.8, 4) is 5.69 Å². The van der Waals surface area contributed by atoms with Gasteiger partial charge in [0.25, 0.3) is 5.56 Å². The van der Waals surface area contributed by atoms with E-state index in [1.54, 1.807) is 6.92 Å². The van der Waals surface area contributed by atoms with Gasteiger partial charge in [-0.3, -0.25) is 14.2 Å². The fourth-order valence-electron chi connectivity index (χ4n) is 2.82. The minimum Gasteiger partial charge on any atom is -0.356 e. The number of hydrogen-bond donors (Lipinski definition) is 1. The van der Waals surface area contributed by atoms with E-state index in [2.05, 4.69) is 10.3 Å². The molecule has 0 fully saturated rings. The summed E-state index contributed by atoms with van der Waals surface area (Å²) < 4.78 is 43.8. The highest BCUT2D eigenvalue weighted by Gasteiger charge is 2.19. The Balaban J connectivity index is 2.33. The number of benzene rings is 2. The van der Waals surface area contributed by atoms with Crippen LogP contribution in [0.15, 0.2) is 41.2 Å². The summed E-state index contributed by atoms with van der Waals surface area (Å²) >= 11 is 0. The molecule has 2 aromatic carbocycles. The maximum Gasteiger partial charge on any atom is 0.266 e. The second-order valence-corrected chi connectivity index (χ2v) is 5.93. The van der Waals surface area contributed by atoms with Crippen molar-refractivity contribution in [2.24, 2.45) is 0 Å². The third-order valence-corrected chi connectivity index (χ3v) is 4.19. The van der Waals surface area contributed by atoms with Gasteiger partial charge in [-0.05, 0) is 24.3 Å². The van der Waals surface area contributed by atoms with E-state index in [1.807, 2.05) is 0 Å². The van der Waals surface area contributed by atoms with Crippen LogP contribution in [0.1, 0.15) is 18.3 Å². The van der Waals surface area contributed by atoms with Gasteiger partial charge in [0.2, 0.25) is 5.91 Å². The van der Waals surface area contributed by atoms with Crippen LogP contribution in [0.3, 0.4) is 0 Å². The van der Waals surface area contributed by atoms with Crippen LogP contribution in [0, 0.1) is 17.5 Å². The van der Waals surface area contributed by atoms with Gasteiger partial charge in [0.1, 0.15) is 29.0 Å². The van der Waals surface area contributed by atoms with Gasteiger partial charge in [0, 0.05) is 31.2 Å². The van der Waals surface area contributed by atoms with Gasteiger partial charge in [-0.25, -0.2) is 18.2 Å². The minimum absolute atomic E-state index is 0.0280. The molecule has 1 amide bonds. The van der Waals surface area contributed by atoms with Crippen LogP contribution in [0.25, 0.3) is 22.7 Å². The van der Waals surface area contributed by atoms with Gasteiger partial charge in [-0.1, -0.05) is 13.0 Å². The number of aryl methyl sites for hydroxylation is 1. The third kappa shape index (κ3) is 3.40. The highest BCUT2D eigenvalue weighted by molar-refractivity contribution is 5.92. The molecule has 3 rings (SSSR count). The van der Waals surface area contributed by atoms with Gasteiger partial charge in [0.05, 0.1) is 10.9 Å². The van der Waals surface area contributed by atoms with Crippen LogP contribution >= 0.6 is 0 Å². The molecule has 1 aromatic heterocycles. The number of halogens is 3. The molecule has 28 heavy (non-hydrogen) atoms. The molecular formula is C20H16F3N3O2. The summed E-state index contributed by atoms with van der Waals surface area (Å²) in [6.45, 7) is 1.67. The predicted molar refractivity (Wildman–Crippen MR) is 99.7 cm³/mol. The van der Waals surface area contributed by atoms with Crippen molar-refractivity contribution in [2.75, 3.05) is 7.05 Å². The molecule has 1 N–H and O–H groups in total. The first-order valence-electron chi connectivity index (χ1n) is 8.46. The monoisotopic (exact) mass is 387 g/mol.